The first-order valence-electron chi connectivity index (χ1n) is 5.85. The van der Waals surface area contributed by atoms with E-state index >= 15 is 0 Å². The fraction of sp³-hybridized carbons (Fsp3) is 0.833. The molecule has 88 valence electrons. The fourth-order valence-electron chi connectivity index (χ4n) is 1.93. The summed E-state index contributed by atoms with van der Waals surface area (Å²) in [6.45, 7) is 12.7. The van der Waals surface area contributed by atoms with Crippen molar-refractivity contribution in [1.82, 2.24) is 10.2 Å². The second-order valence-corrected chi connectivity index (χ2v) is 4.86. The molecule has 0 radical (unpaired) electrons. The molecular formula is C12H24N2O. The van der Waals surface area contributed by atoms with Gasteiger partial charge in [0.05, 0.1) is 0 Å². The van der Waals surface area contributed by atoms with Crippen LogP contribution in [0.2, 0.25) is 0 Å². The number of aliphatic hydroxyl groups excluding tert-OH is 1. The van der Waals surface area contributed by atoms with Gasteiger partial charge >= 0.3 is 0 Å². The molecule has 0 aliphatic carbocycles. The van der Waals surface area contributed by atoms with Crippen molar-refractivity contribution in [3.63, 3.8) is 0 Å². The van der Waals surface area contributed by atoms with Gasteiger partial charge in [0.15, 0.2) is 0 Å². The molecule has 0 aromatic heterocycles. The molecule has 0 aromatic rings. The summed E-state index contributed by atoms with van der Waals surface area (Å²) in [7, 11) is 0. The topological polar surface area (TPSA) is 35.5 Å². The van der Waals surface area contributed by atoms with Crippen LogP contribution in [-0.4, -0.2) is 48.8 Å². The molecule has 0 spiro atoms. The molecule has 0 saturated carbocycles. The number of nitrogens with one attached hydrogen (secondary N) is 1. The zero-order chi connectivity index (χ0) is 11.3. The Balaban J connectivity index is 2.16. The molecule has 1 heterocycles. The zero-order valence-electron chi connectivity index (χ0n) is 10.00. The van der Waals surface area contributed by atoms with Gasteiger partial charge in [0.25, 0.3) is 0 Å². The van der Waals surface area contributed by atoms with Crippen molar-refractivity contribution in [3.8, 4) is 0 Å². The molecule has 1 atom stereocenters. The molecule has 3 nitrogen and oxygen atoms in total. The van der Waals surface area contributed by atoms with E-state index in [1.807, 2.05) is 0 Å². The van der Waals surface area contributed by atoms with Gasteiger partial charge in [-0.15, -0.1) is 0 Å². The Morgan fingerprint density at radius 3 is 2.87 bits per heavy atom. The van der Waals surface area contributed by atoms with Gasteiger partial charge in [0.2, 0.25) is 0 Å². The van der Waals surface area contributed by atoms with Gasteiger partial charge in [-0.3, -0.25) is 4.90 Å². The summed E-state index contributed by atoms with van der Waals surface area (Å²) >= 11 is 0. The quantitative estimate of drug-likeness (QED) is 0.641. The van der Waals surface area contributed by atoms with Gasteiger partial charge in [-0.2, -0.15) is 0 Å². The first kappa shape index (κ1) is 12.7. The third-order valence-corrected chi connectivity index (χ3v) is 2.84. The van der Waals surface area contributed by atoms with Gasteiger partial charge in [-0.05, 0) is 24.5 Å². The minimum Gasteiger partial charge on any atom is -0.396 e. The lowest BCUT2D eigenvalue weighted by atomic mass is 10.1. The van der Waals surface area contributed by atoms with Crippen molar-refractivity contribution in [2.24, 2.45) is 5.92 Å². The Hall–Kier alpha value is -0.380. The third kappa shape index (κ3) is 4.78. The van der Waals surface area contributed by atoms with Gasteiger partial charge < -0.3 is 10.4 Å². The lowest BCUT2D eigenvalue weighted by Crippen LogP contribution is -2.30. The summed E-state index contributed by atoms with van der Waals surface area (Å²) < 4.78 is 0. The average molecular weight is 212 g/mol. The van der Waals surface area contributed by atoms with Crippen molar-refractivity contribution in [3.05, 3.63) is 12.2 Å². The lowest BCUT2D eigenvalue weighted by molar-refractivity contribution is 0.224. The number of rotatable bonds is 6. The highest BCUT2D eigenvalue weighted by molar-refractivity contribution is 5.01. The molecule has 15 heavy (non-hydrogen) atoms. The Kier molecular flexibility index (Phi) is 5.29. The third-order valence-electron chi connectivity index (χ3n) is 2.84. The molecule has 1 aliphatic heterocycles. The van der Waals surface area contributed by atoms with Crippen LogP contribution in [-0.2, 0) is 0 Å². The number of aliphatic hydroxyl groups is 1. The van der Waals surface area contributed by atoms with Gasteiger partial charge in [0.1, 0.15) is 0 Å². The van der Waals surface area contributed by atoms with E-state index in [4.69, 9.17) is 5.11 Å². The highest BCUT2D eigenvalue weighted by Crippen LogP contribution is 2.15. The van der Waals surface area contributed by atoms with Crippen LogP contribution in [0.5, 0.6) is 0 Å². The predicted octanol–water partition coefficient (Wildman–Crippen LogP) is 0.855. The minimum absolute atomic E-state index is 0.327. The van der Waals surface area contributed by atoms with Crippen LogP contribution in [0.4, 0.5) is 0 Å². The average Bonchev–Trinajstić information content (AvgIpc) is 2.62. The second-order valence-electron chi connectivity index (χ2n) is 4.86. The number of hydrogen-bond donors (Lipinski definition) is 2. The van der Waals surface area contributed by atoms with Crippen molar-refractivity contribution in [2.75, 3.05) is 32.8 Å². The molecule has 0 aromatic carbocycles. The van der Waals surface area contributed by atoms with E-state index in [-0.39, 0.29) is 0 Å². The summed E-state index contributed by atoms with van der Waals surface area (Å²) in [5.41, 5.74) is 1.24. The smallest absolute Gasteiger partial charge is 0.0471 e. The van der Waals surface area contributed by atoms with E-state index in [9.17, 15) is 0 Å². The maximum Gasteiger partial charge on any atom is 0.0471 e. The summed E-state index contributed by atoms with van der Waals surface area (Å²) in [6, 6.07) is 0.519. The fourth-order valence-corrected chi connectivity index (χ4v) is 1.93. The molecule has 1 saturated heterocycles. The molecule has 1 aliphatic rings. The first-order valence-corrected chi connectivity index (χ1v) is 5.85. The monoisotopic (exact) mass is 212 g/mol. The summed E-state index contributed by atoms with van der Waals surface area (Å²) in [6.07, 6.45) is 1.13. The molecular weight excluding hydrogens is 188 g/mol. The van der Waals surface area contributed by atoms with Gasteiger partial charge in [-0.25, -0.2) is 0 Å². The van der Waals surface area contributed by atoms with Gasteiger partial charge in [0, 0.05) is 32.3 Å². The van der Waals surface area contributed by atoms with E-state index in [0.717, 1.165) is 32.6 Å². The van der Waals surface area contributed by atoms with Crippen molar-refractivity contribution in [2.45, 2.75) is 26.3 Å². The van der Waals surface area contributed by atoms with Crippen molar-refractivity contribution >= 4 is 0 Å². The predicted molar refractivity (Wildman–Crippen MR) is 63.9 cm³/mol. The standard InChI is InChI=1S/C12H24N2O/c1-10(2)13-6-11(3)7-14-5-4-12(8-14)9-15/h10,12-13,15H,3-9H2,1-2H3. The van der Waals surface area contributed by atoms with E-state index in [1.54, 1.807) is 0 Å². The molecule has 0 amide bonds. The largest absolute Gasteiger partial charge is 0.396 e. The summed E-state index contributed by atoms with van der Waals surface area (Å²) in [5.74, 6) is 0.482. The molecule has 2 N–H and O–H groups in total. The van der Waals surface area contributed by atoms with Crippen LogP contribution < -0.4 is 5.32 Å². The number of hydrogen-bond acceptors (Lipinski definition) is 3. The van der Waals surface area contributed by atoms with E-state index in [0.29, 0.717) is 18.6 Å². The number of likely N-dealkylation sites (tertiary alicyclic amines) is 1. The molecule has 1 unspecified atom stereocenters. The van der Waals surface area contributed by atoms with Crippen LogP contribution in [0.3, 0.4) is 0 Å². The van der Waals surface area contributed by atoms with Crippen LogP contribution in [0.25, 0.3) is 0 Å². The summed E-state index contributed by atoms with van der Waals surface area (Å²) in [5, 5.41) is 12.4. The van der Waals surface area contributed by atoms with Crippen molar-refractivity contribution in [1.29, 1.82) is 0 Å². The van der Waals surface area contributed by atoms with Crippen LogP contribution >= 0.6 is 0 Å². The van der Waals surface area contributed by atoms with E-state index in [1.165, 1.54) is 5.57 Å². The SMILES string of the molecule is C=C(CNC(C)C)CN1CCC(CO)C1. The normalized spacial score (nSPS) is 22.5. The molecule has 3 heteroatoms. The summed E-state index contributed by atoms with van der Waals surface area (Å²) in [4.78, 5) is 2.38. The van der Waals surface area contributed by atoms with Crippen molar-refractivity contribution < 1.29 is 5.11 Å². The Morgan fingerprint density at radius 2 is 2.33 bits per heavy atom. The van der Waals surface area contributed by atoms with E-state index < -0.39 is 0 Å². The Morgan fingerprint density at radius 1 is 1.60 bits per heavy atom. The second kappa shape index (κ2) is 6.26. The minimum atomic E-state index is 0.327. The van der Waals surface area contributed by atoms with Crippen LogP contribution in [0.15, 0.2) is 12.2 Å². The highest BCUT2D eigenvalue weighted by Gasteiger charge is 2.21. The van der Waals surface area contributed by atoms with E-state index in [2.05, 4.69) is 30.6 Å². The highest BCUT2D eigenvalue weighted by atomic mass is 16.3. The first-order chi connectivity index (χ1) is 7.11. The maximum absolute atomic E-state index is 9.03. The Bertz CT molecular complexity index is 204. The van der Waals surface area contributed by atoms with Crippen LogP contribution in [0.1, 0.15) is 20.3 Å². The Labute approximate surface area is 93.2 Å². The zero-order valence-corrected chi connectivity index (χ0v) is 10.00. The molecule has 0 bridgehead atoms. The van der Waals surface area contributed by atoms with Crippen LogP contribution in [0, 0.1) is 5.92 Å². The molecule has 1 rings (SSSR count). The maximum atomic E-state index is 9.03. The lowest BCUT2D eigenvalue weighted by Gasteiger charge is -2.18. The van der Waals surface area contributed by atoms with Gasteiger partial charge in [-0.1, -0.05) is 20.4 Å². The number of nitrogens with zero attached hydrogens (tertiary/aromatic N) is 1. The molecule has 1 fully saturated rings.